The minimum atomic E-state index is -0.976. The normalized spacial score (nSPS) is 20.1. The van der Waals surface area contributed by atoms with E-state index in [2.05, 4.69) is 31.2 Å². The second-order valence-electron chi connectivity index (χ2n) is 5.26. The maximum absolute atomic E-state index is 10.9. The summed E-state index contributed by atoms with van der Waals surface area (Å²) < 4.78 is 1.81. The van der Waals surface area contributed by atoms with Gasteiger partial charge in [0.1, 0.15) is 5.82 Å². The average Bonchev–Trinajstić information content (AvgIpc) is 2.58. The van der Waals surface area contributed by atoms with Gasteiger partial charge in [0.2, 0.25) is 0 Å². The van der Waals surface area contributed by atoms with Gasteiger partial charge in [-0.25, -0.2) is 9.48 Å². The number of hydrogen-bond donors (Lipinski definition) is 2. The number of aromatic carboxylic acids is 1. The van der Waals surface area contributed by atoms with Gasteiger partial charge in [0.15, 0.2) is 5.69 Å². The van der Waals surface area contributed by atoms with Crippen LogP contribution >= 0.6 is 0 Å². The average molecular weight is 223 g/mol. The van der Waals surface area contributed by atoms with Crippen LogP contribution in [0.15, 0.2) is 6.07 Å². The number of nitrogens with zero attached hydrogens (tertiary/aromatic N) is 2. The number of carboxylic acids is 1. The van der Waals surface area contributed by atoms with Gasteiger partial charge in [-0.15, -0.1) is 0 Å². The molecule has 1 aliphatic rings. The largest absolute Gasteiger partial charge is 0.476 e. The van der Waals surface area contributed by atoms with Crippen LogP contribution in [0, 0.1) is 5.41 Å². The molecule has 0 saturated carbocycles. The van der Waals surface area contributed by atoms with Crippen LogP contribution in [-0.2, 0) is 0 Å². The van der Waals surface area contributed by atoms with Crippen molar-refractivity contribution in [1.82, 2.24) is 9.78 Å². The van der Waals surface area contributed by atoms with Gasteiger partial charge >= 0.3 is 5.97 Å². The third-order valence-corrected chi connectivity index (χ3v) is 2.97. The molecule has 88 valence electrons. The highest BCUT2D eigenvalue weighted by atomic mass is 16.4. The summed E-state index contributed by atoms with van der Waals surface area (Å²) in [4.78, 5) is 10.9. The highest BCUT2D eigenvalue weighted by molar-refractivity contribution is 5.86. The predicted molar refractivity (Wildman–Crippen MR) is 60.8 cm³/mol. The Morgan fingerprint density at radius 1 is 1.62 bits per heavy atom. The summed E-state index contributed by atoms with van der Waals surface area (Å²) in [6.45, 7) is 7.31. The monoisotopic (exact) mass is 223 g/mol. The van der Waals surface area contributed by atoms with Crippen LogP contribution in [0.25, 0.3) is 0 Å². The Morgan fingerprint density at radius 3 is 2.88 bits per heavy atom. The van der Waals surface area contributed by atoms with E-state index in [4.69, 9.17) is 5.11 Å². The molecule has 1 aliphatic heterocycles. The molecule has 0 saturated heterocycles. The van der Waals surface area contributed by atoms with Crippen LogP contribution < -0.4 is 5.32 Å². The van der Waals surface area contributed by atoms with E-state index >= 15 is 0 Å². The SMILES string of the molecule is CC(C)(C)C1CCNc2cc(C(=O)O)nn21. The summed E-state index contributed by atoms with van der Waals surface area (Å²) in [5.74, 6) is -0.167. The summed E-state index contributed by atoms with van der Waals surface area (Å²) in [6.07, 6.45) is 0.969. The van der Waals surface area contributed by atoms with Crippen molar-refractivity contribution in [3.63, 3.8) is 0 Å². The van der Waals surface area contributed by atoms with Gasteiger partial charge in [0, 0.05) is 12.6 Å². The molecule has 2 heterocycles. The smallest absolute Gasteiger partial charge is 0.356 e. The van der Waals surface area contributed by atoms with Crippen LogP contribution in [0.2, 0.25) is 0 Å². The zero-order valence-electron chi connectivity index (χ0n) is 9.82. The topological polar surface area (TPSA) is 67.2 Å². The number of hydrogen-bond acceptors (Lipinski definition) is 3. The minimum absolute atomic E-state index is 0.0820. The van der Waals surface area contributed by atoms with Gasteiger partial charge in [-0.2, -0.15) is 5.10 Å². The molecule has 0 fully saturated rings. The van der Waals surface area contributed by atoms with Crippen molar-refractivity contribution in [2.45, 2.75) is 33.2 Å². The van der Waals surface area contributed by atoms with Crippen LogP contribution in [-0.4, -0.2) is 27.4 Å². The van der Waals surface area contributed by atoms with Crippen LogP contribution in [0.1, 0.15) is 43.7 Å². The van der Waals surface area contributed by atoms with E-state index in [1.54, 1.807) is 6.07 Å². The molecule has 0 bridgehead atoms. The second kappa shape index (κ2) is 3.50. The van der Waals surface area contributed by atoms with Crippen LogP contribution in [0.4, 0.5) is 5.82 Å². The quantitative estimate of drug-likeness (QED) is 0.764. The molecule has 5 nitrogen and oxygen atoms in total. The number of anilines is 1. The summed E-state index contributed by atoms with van der Waals surface area (Å²) in [5, 5.41) is 16.2. The first kappa shape index (κ1) is 11.0. The number of carboxylic acid groups (broad SMARTS) is 1. The third kappa shape index (κ3) is 1.77. The van der Waals surface area contributed by atoms with E-state index in [0.717, 1.165) is 18.8 Å². The Bertz CT molecular complexity index is 417. The van der Waals surface area contributed by atoms with Gasteiger partial charge in [-0.3, -0.25) is 0 Å². The van der Waals surface area contributed by atoms with Crippen molar-refractivity contribution in [2.75, 3.05) is 11.9 Å². The summed E-state index contributed by atoms with van der Waals surface area (Å²) in [6, 6.07) is 1.84. The molecule has 1 unspecified atom stereocenters. The molecular weight excluding hydrogens is 206 g/mol. The number of aromatic nitrogens is 2. The van der Waals surface area contributed by atoms with Crippen LogP contribution in [0.5, 0.6) is 0 Å². The predicted octanol–water partition coefficient (Wildman–Crippen LogP) is 1.98. The first-order valence-electron chi connectivity index (χ1n) is 5.46. The molecule has 5 heteroatoms. The fraction of sp³-hybridized carbons (Fsp3) is 0.636. The number of fused-ring (bicyclic) bond motifs is 1. The van der Waals surface area contributed by atoms with Gasteiger partial charge < -0.3 is 10.4 Å². The standard InChI is InChI=1S/C11H17N3O2/c1-11(2,3)8-4-5-12-9-6-7(10(15)16)13-14(8)9/h6,8,12H,4-5H2,1-3H3,(H,15,16). The Balaban J connectivity index is 2.42. The van der Waals surface area contributed by atoms with E-state index in [1.807, 2.05) is 4.68 Å². The van der Waals surface area contributed by atoms with E-state index < -0.39 is 5.97 Å². The molecule has 2 rings (SSSR count). The molecule has 0 radical (unpaired) electrons. The molecule has 2 N–H and O–H groups in total. The maximum atomic E-state index is 10.9. The molecule has 16 heavy (non-hydrogen) atoms. The Kier molecular flexibility index (Phi) is 2.40. The molecule has 0 aliphatic carbocycles. The lowest BCUT2D eigenvalue weighted by atomic mass is 9.84. The molecule has 1 atom stereocenters. The Labute approximate surface area is 94.5 Å². The van der Waals surface area contributed by atoms with E-state index in [1.165, 1.54) is 0 Å². The molecular formula is C11H17N3O2. The summed E-state index contributed by atoms with van der Waals surface area (Å²) in [5.41, 5.74) is 0.192. The van der Waals surface area contributed by atoms with Gasteiger partial charge in [-0.05, 0) is 11.8 Å². The molecule has 0 amide bonds. The Morgan fingerprint density at radius 2 is 2.31 bits per heavy atom. The minimum Gasteiger partial charge on any atom is -0.476 e. The number of nitrogens with one attached hydrogen (secondary N) is 1. The van der Waals surface area contributed by atoms with Gasteiger partial charge in [-0.1, -0.05) is 20.8 Å². The van der Waals surface area contributed by atoms with Gasteiger partial charge in [0.25, 0.3) is 0 Å². The van der Waals surface area contributed by atoms with E-state index in [9.17, 15) is 4.79 Å². The van der Waals surface area contributed by atoms with Gasteiger partial charge in [0.05, 0.1) is 6.04 Å². The molecule has 1 aromatic rings. The lowest BCUT2D eigenvalue weighted by Gasteiger charge is -2.35. The Hall–Kier alpha value is -1.52. The summed E-state index contributed by atoms with van der Waals surface area (Å²) in [7, 11) is 0. The van der Waals surface area contributed by atoms with Crippen LogP contribution in [0.3, 0.4) is 0 Å². The highest BCUT2D eigenvalue weighted by Gasteiger charge is 2.32. The highest BCUT2D eigenvalue weighted by Crippen LogP contribution is 2.37. The molecule has 1 aromatic heterocycles. The number of rotatable bonds is 1. The van der Waals surface area contributed by atoms with Crippen molar-refractivity contribution >= 4 is 11.8 Å². The second-order valence-corrected chi connectivity index (χ2v) is 5.26. The van der Waals surface area contributed by atoms with Crippen molar-refractivity contribution in [3.05, 3.63) is 11.8 Å². The summed E-state index contributed by atoms with van der Waals surface area (Å²) >= 11 is 0. The van der Waals surface area contributed by atoms with E-state index in [-0.39, 0.29) is 17.2 Å². The van der Waals surface area contributed by atoms with Crippen molar-refractivity contribution in [1.29, 1.82) is 0 Å². The molecule has 0 aromatic carbocycles. The lowest BCUT2D eigenvalue weighted by Crippen LogP contribution is -2.32. The van der Waals surface area contributed by atoms with E-state index in [0.29, 0.717) is 0 Å². The fourth-order valence-electron chi connectivity index (χ4n) is 2.13. The van der Waals surface area contributed by atoms with Crippen molar-refractivity contribution in [2.24, 2.45) is 5.41 Å². The first-order chi connectivity index (χ1) is 7.39. The molecule has 0 spiro atoms. The zero-order valence-corrected chi connectivity index (χ0v) is 9.82. The zero-order chi connectivity index (χ0) is 11.9. The fourth-order valence-corrected chi connectivity index (χ4v) is 2.13. The lowest BCUT2D eigenvalue weighted by molar-refractivity contribution is 0.0687. The maximum Gasteiger partial charge on any atom is 0.356 e. The first-order valence-corrected chi connectivity index (χ1v) is 5.46. The third-order valence-electron chi connectivity index (χ3n) is 2.97. The van der Waals surface area contributed by atoms with Crippen molar-refractivity contribution < 1.29 is 9.90 Å². The number of carbonyl (C=O) groups is 1. The van der Waals surface area contributed by atoms with Crippen molar-refractivity contribution in [3.8, 4) is 0 Å².